The molecule has 0 aliphatic carbocycles. The molecule has 1 aromatic rings. The van der Waals surface area contributed by atoms with Crippen LogP contribution in [0.5, 0.6) is 0 Å². The first-order chi connectivity index (χ1) is 5.24. The van der Waals surface area contributed by atoms with Crippen LogP contribution in [0.1, 0.15) is 11.8 Å². The molecule has 1 aromatic heterocycles. The molecule has 62 valence electrons. The molecule has 0 fully saturated rings. The van der Waals surface area contributed by atoms with E-state index in [-0.39, 0.29) is 0 Å². The van der Waals surface area contributed by atoms with Crippen LogP contribution in [0.15, 0.2) is 15.5 Å². The third-order valence-electron chi connectivity index (χ3n) is 1.23. The van der Waals surface area contributed by atoms with Gasteiger partial charge in [0.25, 0.3) is 4.80 Å². The van der Waals surface area contributed by atoms with Crippen molar-refractivity contribution in [3.8, 4) is 0 Å². The molecule has 0 bridgehead atoms. The molecule has 0 aliphatic rings. The Labute approximate surface area is 72.8 Å². The first kappa shape index (κ1) is 8.70. The Morgan fingerprint density at radius 2 is 2.64 bits per heavy atom. The first-order valence-corrected chi connectivity index (χ1v) is 3.97. The summed E-state index contributed by atoms with van der Waals surface area (Å²) < 4.78 is 4.85. The highest BCUT2D eigenvalue weighted by molar-refractivity contribution is 9.10. The van der Waals surface area contributed by atoms with E-state index in [2.05, 4.69) is 26.2 Å². The topological polar surface area (TPSA) is 58.3 Å². The van der Waals surface area contributed by atoms with E-state index in [0.717, 1.165) is 0 Å². The molecule has 11 heavy (non-hydrogen) atoms. The number of aliphatic hydroxyl groups is 1. The number of nitrogens with zero attached hydrogens (tertiary/aromatic N) is 1. The van der Waals surface area contributed by atoms with Gasteiger partial charge in [0, 0.05) is 22.5 Å². The van der Waals surface area contributed by atoms with Crippen LogP contribution in [0.2, 0.25) is 0 Å². The van der Waals surface area contributed by atoms with Crippen LogP contribution in [0.25, 0.3) is 0 Å². The largest absolute Gasteiger partial charge is 0.439 e. The fourth-order valence-corrected chi connectivity index (χ4v) is 1.01. The maximum atomic E-state index is 9.33. The van der Waals surface area contributed by atoms with Gasteiger partial charge in [-0.2, -0.15) is 0 Å². The Morgan fingerprint density at radius 1 is 1.91 bits per heavy atom. The number of halogens is 1. The van der Waals surface area contributed by atoms with Gasteiger partial charge in [0.15, 0.2) is 0 Å². The van der Waals surface area contributed by atoms with Gasteiger partial charge >= 0.3 is 0 Å². The van der Waals surface area contributed by atoms with Crippen molar-refractivity contribution in [2.45, 2.75) is 6.10 Å². The molecule has 0 saturated carbocycles. The van der Waals surface area contributed by atoms with Crippen molar-refractivity contribution in [1.82, 2.24) is 10.3 Å². The van der Waals surface area contributed by atoms with Crippen molar-refractivity contribution in [3.05, 3.63) is 16.8 Å². The van der Waals surface area contributed by atoms with E-state index in [1.807, 2.05) is 0 Å². The normalized spacial score (nSPS) is 13.4. The maximum Gasteiger partial charge on any atom is 0.264 e. The molecular weight excluding hydrogens is 212 g/mol. The molecular formula is C6H9BrN2O2. The second-order valence-corrected chi connectivity index (χ2v) is 2.78. The first-order valence-electron chi connectivity index (χ1n) is 3.17. The van der Waals surface area contributed by atoms with Crippen LogP contribution in [0.4, 0.5) is 0 Å². The summed E-state index contributed by atoms with van der Waals surface area (Å²) in [6.07, 6.45) is 0.821. The van der Waals surface area contributed by atoms with Crippen LogP contribution in [-0.2, 0) is 0 Å². The quantitative estimate of drug-likeness (QED) is 0.788. The number of aromatic nitrogens is 1. The highest BCUT2D eigenvalue weighted by atomic mass is 79.9. The molecule has 0 amide bonds. The van der Waals surface area contributed by atoms with Crippen molar-refractivity contribution in [3.63, 3.8) is 0 Å². The standard InChI is InChI=1S/C6H9BrN2O2/c1-8-2-5(10)4-3-11-6(7)9-4/h3,5,8,10H,2H2,1H3. The molecule has 1 atom stereocenters. The summed E-state index contributed by atoms with van der Waals surface area (Å²) in [4.78, 5) is 4.28. The number of hydrogen-bond donors (Lipinski definition) is 2. The number of oxazole rings is 1. The lowest BCUT2D eigenvalue weighted by atomic mass is 10.3. The van der Waals surface area contributed by atoms with Crippen LogP contribution >= 0.6 is 15.9 Å². The zero-order chi connectivity index (χ0) is 8.27. The Hall–Kier alpha value is -0.390. The van der Waals surface area contributed by atoms with E-state index in [4.69, 9.17) is 4.42 Å². The molecule has 1 rings (SSSR count). The van der Waals surface area contributed by atoms with E-state index < -0.39 is 6.10 Å². The minimum atomic E-state index is -0.602. The minimum Gasteiger partial charge on any atom is -0.439 e. The summed E-state index contributed by atoms with van der Waals surface area (Å²) in [6, 6.07) is 0. The van der Waals surface area contributed by atoms with Gasteiger partial charge in [-0.15, -0.1) is 0 Å². The van der Waals surface area contributed by atoms with Gasteiger partial charge in [0.1, 0.15) is 18.1 Å². The van der Waals surface area contributed by atoms with Gasteiger partial charge in [-0.25, -0.2) is 4.98 Å². The SMILES string of the molecule is CNCC(O)c1coc(Br)n1. The smallest absolute Gasteiger partial charge is 0.264 e. The highest BCUT2D eigenvalue weighted by Gasteiger charge is 2.10. The molecule has 5 heteroatoms. The van der Waals surface area contributed by atoms with E-state index in [1.165, 1.54) is 6.26 Å². The van der Waals surface area contributed by atoms with Crippen molar-refractivity contribution in [1.29, 1.82) is 0 Å². The van der Waals surface area contributed by atoms with Gasteiger partial charge in [-0.05, 0) is 7.05 Å². The van der Waals surface area contributed by atoms with Crippen molar-refractivity contribution in [2.75, 3.05) is 13.6 Å². The Morgan fingerprint density at radius 3 is 3.09 bits per heavy atom. The zero-order valence-corrected chi connectivity index (χ0v) is 7.63. The summed E-state index contributed by atoms with van der Waals surface area (Å²) in [5.41, 5.74) is 0.534. The predicted molar refractivity (Wildman–Crippen MR) is 43.1 cm³/mol. The fourth-order valence-electron chi connectivity index (χ4n) is 0.714. The van der Waals surface area contributed by atoms with E-state index in [1.54, 1.807) is 7.05 Å². The highest BCUT2D eigenvalue weighted by Crippen LogP contribution is 2.14. The molecule has 0 aromatic carbocycles. The maximum absolute atomic E-state index is 9.33. The summed E-state index contributed by atoms with van der Waals surface area (Å²) >= 11 is 3.04. The molecule has 0 radical (unpaired) electrons. The third-order valence-corrected chi connectivity index (χ3v) is 1.60. The lowest BCUT2D eigenvalue weighted by Crippen LogP contribution is -2.16. The van der Waals surface area contributed by atoms with Crippen molar-refractivity contribution in [2.24, 2.45) is 0 Å². The lowest BCUT2D eigenvalue weighted by molar-refractivity contribution is 0.173. The molecule has 0 saturated heterocycles. The molecule has 0 aliphatic heterocycles. The number of hydrogen-bond acceptors (Lipinski definition) is 4. The Balaban J connectivity index is 2.60. The second kappa shape index (κ2) is 3.85. The van der Waals surface area contributed by atoms with E-state index >= 15 is 0 Å². The van der Waals surface area contributed by atoms with Gasteiger partial charge in [-0.1, -0.05) is 0 Å². The van der Waals surface area contributed by atoms with Crippen molar-refractivity contribution >= 4 is 15.9 Å². The number of rotatable bonds is 3. The number of likely N-dealkylation sites (N-methyl/N-ethyl adjacent to an activating group) is 1. The molecule has 4 nitrogen and oxygen atoms in total. The lowest BCUT2D eigenvalue weighted by Gasteiger charge is -2.03. The molecule has 2 N–H and O–H groups in total. The number of aliphatic hydroxyl groups excluding tert-OH is 1. The summed E-state index contributed by atoms with van der Waals surface area (Å²) in [5.74, 6) is 0. The molecule has 0 spiro atoms. The van der Waals surface area contributed by atoms with Gasteiger partial charge in [0.2, 0.25) is 0 Å². The second-order valence-electron chi connectivity index (χ2n) is 2.10. The van der Waals surface area contributed by atoms with Crippen LogP contribution in [0.3, 0.4) is 0 Å². The predicted octanol–water partition coefficient (Wildman–Crippen LogP) is 0.690. The fraction of sp³-hybridized carbons (Fsp3) is 0.500. The van der Waals surface area contributed by atoms with Crippen LogP contribution < -0.4 is 5.32 Å². The number of nitrogens with one attached hydrogen (secondary N) is 1. The molecule has 1 unspecified atom stereocenters. The van der Waals surface area contributed by atoms with Crippen LogP contribution in [0, 0.1) is 0 Å². The minimum absolute atomic E-state index is 0.391. The molecule has 1 heterocycles. The summed E-state index contributed by atoms with van der Waals surface area (Å²) in [7, 11) is 1.76. The average molecular weight is 221 g/mol. The van der Waals surface area contributed by atoms with Gasteiger partial charge in [0.05, 0.1) is 0 Å². The van der Waals surface area contributed by atoms with Crippen molar-refractivity contribution < 1.29 is 9.52 Å². The van der Waals surface area contributed by atoms with Gasteiger partial charge in [-0.3, -0.25) is 0 Å². The Bertz CT molecular complexity index is 226. The average Bonchev–Trinajstić information content (AvgIpc) is 2.36. The monoisotopic (exact) mass is 220 g/mol. The van der Waals surface area contributed by atoms with E-state index in [9.17, 15) is 5.11 Å². The van der Waals surface area contributed by atoms with Crippen LogP contribution in [-0.4, -0.2) is 23.7 Å². The van der Waals surface area contributed by atoms with Gasteiger partial charge < -0.3 is 14.8 Å². The zero-order valence-electron chi connectivity index (χ0n) is 6.04. The summed E-state index contributed by atoms with van der Waals surface area (Å²) in [6.45, 7) is 0.471. The summed E-state index contributed by atoms with van der Waals surface area (Å²) in [5, 5.41) is 12.2. The third kappa shape index (κ3) is 2.28. The Kier molecular flexibility index (Phi) is 3.04. The van der Waals surface area contributed by atoms with E-state index in [0.29, 0.717) is 17.0 Å².